The summed E-state index contributed by atoms with van der Waals surface area (Å²) in [6, 6.07) is 3.63. The lowest BCUT2D eigenvalue weighted by atomic mass is 9.49. The number of methoxy groups -OCH3 is 1. The number of hydrogen-bond donors (Lipinski definition) is 2. The van der Waals surface area contributed by atoms with E-state index >= 15 is 0 Å². The average Bonchev–Trinajstić information content (AvgIpc) is 3.42. The number of ether oxygens (including phenoxy) is 2. The van der Waals surface area contributed by atoms with Crippen molar-refractivity contribution in [2.45, 2.75) is 55.3 Å². The second-order valence-electron chi connectivity index (χ2n) is 9.10. The van der Waals surface area contributed by atoms with Crippen LogP contribution < -0.4 is 4.74 Å². The van der Waals surface area contributed by atoms with E-state index < -0.39 is 23.1 Å². The number of piperidine rings is 1. The molecule has 6 nitrogen and oxygen atoms in total. The van der Waals surface area contributed by atoms with Crippen molar-refractivity contribution in [3.05, 3.63) is 34.9 Å². The molecular weight excluding hydrogens is 358 g/mol. The van der Waals surface area contributed by atoms with Crippen LogP contribution in [0, 0.1) is 5.92 Å². The number of phenols is 1. The first-order valence-electron chi connectivity index (χ1n) is 10.3. The van der Waals surface area contributed by atoms with Crippen molar-refractivity contribution in [2.75, 3.05) is 20.2 Å². The molecule has 1 aromatic carbocycles. The number of nitrogens with zero attached hydrogens (tertiary/aromatic N) is 1. The fraction of sp³-hybridized carbons (Fsp3) is 0.591. The summed E-state index contributed by atoms with van der Waals surface area (Å²) in [6.45, 7) is 1.90. The second-order valence-corrected chi connectivity index (χ2v) is 9.10. The van der Waals surface area contributed by atoms with Crippen LogP contribution in [-0.2, 0) is 21.4 Å². The third-order valence-corrected chi connectivity index (χ3v) is 7.85. The zero-order valence-corrected chi connectivity index (χ0v) is 16.0. The minimum atomic E-state index is -1.02. The molecule has 1 unspecified atom stereocenters. The Kier molecular flexibility index (Phi) is 3.19. The number of carbonyl (C=O) groups excluding carboxylic acids is 1. The number of phenolic OH excluding ortho intramolecular Hbond substituents is 1. The summed E-state index contributed by atoms with van der Waals surface area (Å²) >= 11 is 0. The van der Waals surface area contributed by atoms with Crippen molar-refractivity contribution in [3.8, 4) is 11.5 Å². The van der Waals surface area contributed by atoms with E-state index in [0.29, 0.717) is 24.2 Å². The molecule has 2 aliphatic heterocycles. The lowest BCUT2D eigenvalue weighted by Gasteiger charge is -2.62. The molecule has 0 amide bonds. The molecule has 5 aliphatic rings. The molecule has 2 N–H and O–H groups in total. The van der Waals surface area contributed by atoms with Gasteiger partial charge in [0.2, 0.25) is 0 Å². The molecule has 28 heavy (non-hydrogen) atoms. The molecule has 148 valence electrons. The van der Waals surface area contributed by atoms with Gasteiger partial charge in [-0.05, 0) is 56.2 Å². The Morgan fingerprint density at radius 2 is 2.21 bits per heavy atom. The molecule has 0 aromatic heterocycles. The summed E-state index contributed by atoms with van der Waals surface area (Å²) < 4.78 is 11.3. The standard InChI is InChI=1S/C22H25NO5/c1-27-20(25)14-6-7-22(26)16-10-13-4-5-15(24)18-17(13)21(22,19(14)28-18)8-9-23(16)11-12-2-3-12/h4-6,12,16,19,24,26H,2-3,7-11H2,1H3/t16-,19?,21+,22-/m1/s1. The second kappa shape index (κ2) is 5.30. The Balaban J connectivity index is 1.57. The number of hydrogen-bond acceptors (Lipinski definition) is 6. The highest BCUT2D eigenvalue weighted by Gasteiger charge is 2.72. The summed E-state index contributed by atoms with van der Waals surface area (Å²) in [5, 5.41) is 22.7. The van der Waals surface area contributed by atoms with Crippen LogP contribution in [0.2, 0.25) is 0 Å². The summed E-state index contributed by atoms with van der Waals surface area (Å²) in [5.74, 6) is 0.840. The van der Waals surface area contributed by atoms with Crippen molar-refractivity contribution in [1.82, 2.24) is 4.90 Å². The first kappa shape index (κ1) is 16.9. The quantitative estimate of drug-likeness (QED) is 0.773. The van der Waals surface area contributed by atoms with Crippen LogP contribution >= 0.6 is 0 Å². The average molecular weight is 383 g/mol. The van der Waals surface area contributed by atoms with Gasteiger partial charge in [0, 0.05) is 18.2 Å². The van der Waals surface area contributed by atoms with Crippen LogP contribution in [0.4, 0.5) is 0 Å². The van der Waals surface area contributed by atoms with E-state index in [1.165, 1.54) is 20.0 Å². The minimum absolute atomic E-state index is 0.00797. The maximum absolute atomic E-state index is 12.5. The summed E-state index contributed by atoms with van der Waals surface area (Å²) in [6.07, 6.45) is 5.58. The van der Waals surface area contributed by atoms with Gasteiger partial charge < -0.3 is 19.7 Å². The molecule has 2 fully saturated rings. The van der Waals surface area contributed by atoms with E-state index in [1.54, 1.807) is 12.1 Å². The normalized spacial score (nSPS) is 37.7. The highest BCUT2D eigenvalue weighted by atomic mass is 16.5. The molecule has 2 bridgehead atoms. The molecule has 2 heterocycles. The van der Waals surface area contributed by atoms with Crippen molar-refractivity contribution >= 4 is 5.97 Å². The summed E-state index contributed by atoms with van der Waals surface area (Å²) in [4.78, 5) is 15.0. The third kappa shape index (κ3) is 1.83. The predicted octanol–water partition coefficient (Wildman–Crippen LogP) is 1.67. The van der Waals surface area contributed by atoms with Crippen LogP contribution in [-0.4, -0.2) is 59.0 Å². The topological polar surface area (TPSA) is 79.2 Å². The lowest BCUT2D eigenvalue weighted by molar-refractivity contribution is -0.167. The molecule has 4 atom stereocenters. The van der Waals surface area contributed by atoms with E-state index in [4.69, 9.17) is 9.47 Å². The van der Waals surface area contributed by atoms with Crippen molar-refractivity contribution in [3.63, 3.8) is 0 Å². The Labute approximate surface area is 163 Å². The van der Waals surface area contributed by atoms with Crippen LogP contribution in [0.15, 0.2) is 23.8 Å². The molecule has 1 saturated carbocycles. The molecule has 1 spiro atoms. The molecule has 1 aromatic rings. The predicted molar refractivity (Wildman–Crippen MR) is 100 cm³/mol. The van der Waals surface area contributed by atoms with E-state index in [9.17, 15) is 15.0 Å². The first-order chi connectivity index (χ1) is 13.5. The van der Waals surface area contributed by atoms with E-state index in [1.807, 2.05) is 6.07 Å². The van der Waals surface area contributed by atoms with Gasteiger partial charge in [0.1, 0.15) is 6.10 Å². The van der Waals surface area contributed by atoms with Crippen molar-refractivity contribution in [2.24, 2.45) is 5.92 Å². The van der Waals surface area contributed by atoms with Gasteiger partial charge >= 0.3 is 5.97 Å². The van der Waals surface area contributed by atoms with Gasteiger partial charge in [-0.3, -0.25) is 4.90 Å². The molecule has 6 rings (SSSR count). The molecule has 6 heteroatoms. The fourth-order valence-electron chi connectivity index (χ4n) is 6.42. The number of aliphatic hydroxyl groups is 1. The van der Waals surface area contributed by atoms with E-state index in [2.05, 4.69) is 4.90 Å². The third-order valence-electron chi connectivity index (χ3n) is 7.85. The maximum Gasteiger partial charge on any atom is 0.337 e. The van der Waals surface area contributed by atoms with Crippen molar-refractivity contribution in [1.29, 1.82) is 0 Å². The van der Waals surface area contributed by atoms with E-state index in [-0.39, 0.29) is 11.8 Å². The zero-order chi connectivity index (χ0) is 19.3. The van der Waals surface area contributed by atoms with Gasteiger partial charge in [-0.15, -0.1) is 0 Å². The number of likely N-dealkylation sites (tertiary alicyclic amines) is 1. The Hall–Kier alpha value is -2.05. The van der Waals surface area contributed by atoms with E-state index in [0.717, 1.165) is 36.6 Å². The molecular formula is C22H25NO5. The van der Waals surface area contributed by atoms with Gasteiger partial charge in [0.05, 0.1) is 23.7 Å². The molecule has 3 aliphatic carbocycles. The highest BCUT2D eigenvalue weighted by molar-refractivity contribution is 5.91. The van der Waals surface area contributed by atoms with Crippen LogP contribution in [0.1, 0.15) is 36.8 Å². The highest BCUT2D eigenvalue weighted by Crippen LogP contribution is 2.65. The Bertz CT molecular complexity index is 922. The van der Waals surface area contributed by atoms with Crippen molar-refractivity contribution < 1.29 is 24.5 Å². The van der Waals surface area contributed by atoms with Gasteiger partial charge in [-0.25, -0.2) is 4.79 Å². The van der Waals surface area contributed by atoms with Gasteiger partial charge in [-0.2, -0.15) is 0 Å². The molecule has 1 saturated heterocycles. The number of esters is 1. The van der Waals surface area contributed by atoms with Gasteiger partial charge in [0.25, 0.3) is 0 Å². The fourth-order valence-corrected chi connectivity index (χ4v) is 6.42. The number of rotatable bonds is 3. The van der Waals surface area contributed by atoms with Crippen LogP contribution in [0.5, 0.6) is 11.5 Å². The van der Waals surface area contributed by atoms with Crippen LogP contribution in [0.25, 0.3) is 0 Å². The first-order valence-corrected chi connectivity index (χ1v) is 10.3. The number of aromatic hydroxyl groups is 1. The summed E-state index contributed by atoms with van der Waals surface area (Å²) in [5.41, 5.74) is 0.768. The lowest BCUT2D eigenvalue weighted by Crippen LogP contribution is -2.75. The molecule has 0 radical (unpaired) electrons. The SMILES string of the molecule is COC(=O)C1=CC[C@@]2(O)[C@H]3Cc4ccc(O)c5c4[C@@]2(CCN3CC2CC2)C1O5. The number of carbonyl (C=O) groups is 1. The minimum Gasteiger partial charge on any atom is -0.504 e. The maximum atomic E-state index is 12.5. The Morgan fingerprint density at radius 1 is 1.39 bits per heavy atom. The Morgan fingerprint density at radius 3 is 2.96 bits per heavy atom. The zero-order valence-electron chi connectivity index (χ0n) is 16.0. The van der Waals surface area contributed by atoms with Gasteiger partial charge in [-0.1, -0.05) is 12.1 Å². The summed E-state index contributed by atoms with van der Waals surface area (Å²) in [7, 11) is 1.37. The van der Waals surface area contributed by atoms with Gasteiger partial charge in [0.15, 0.2) is 11.5 Å². The smallest absolute Gasteiger partial charge is 0.337 e. The largest absolute Gasteiger partial charge is 0.504 e. The monoisotopic (exact) mass is 383 g/mol. The number of benzene rings is 1. The van der Waals surface area contributed by atoms with Crippen LogP contribution in [0.3, 0.4) is 0 Å².